The Kier molecular flexibility index (Phi) is 4.20. The molecule has 0 aliphatic heterocycles. The van der Waals surface area contributed by atoms with Crippen LogP contribution in [0.4, 0.5) is 0 Å². The summed E-state index contributed by atoms with van der Waals surface area (Å²) < 4.78 is 6.65. The molecule has 2 rings (SSSR count). The molecule has 1 aromatic heterocycles. The number of aromatic nitrogens is 2. The Balaban J connectivity index is 2.61. The summed E-state index contributed by atoms with van der Waals surface area (Å²) in [4.78, 5) is 12.1. The van der Waals surface area contributed by atoms with E-state index in [0.29, 0.717) is 12.1 Å². The van der Waals surface area contributed by atoms with Crippen LogP contribution in [-0.2, 0) is 6.54 Å². The van der Waals surface area contributed by atoms with Gasteiger partial charge in [-0.3, -0.25) is 4.79 Å². The van der Waals surface area contributed by atoms with Crippen LogP contribution in [0.5, 0.6) is 5.75 Å². The molecule has 2 aromatic rings. The maximum absolute atomic E-state index is 12.1. The highest BCUT2D eigenvalue weighted by Gasteiger charge is 2.12. The predicted molar refractivity (Wildman–Crippen MR) is 78.8 cm³/mol. The summed E-state index contributed by atoms with van der Waals surface area (Å²) >= 11 is 0. The number of ether oxygens (including phenoxy) is 1. The lowest BCUT2D eigenvalue weighted by molar-refractivity contribution is 0.415. The first-order chi connectivity index (χ1) is 9.56. The molecule has 106 valence electrons. The van der Waals surface area contributed by atoms with E-state index in [1.165, 1.54) is 4.68 Å². The molecule has 0 aliphatic carbocycles. The Bertz CT molecular complexity index is 662. The van der Waals surface area contributed by atoms with E-state index in [4.69, 9.17) is 10.5 Å². The number of hydrogen-bond donors (Lipinski definition) is 1. The van der Waals surface area contributed by atoms with E-state index in [2.05, 4.69) is 5.10 Å². The second kappa shape index (κ2) is 5.88. The smallest absolute Gasteiger partial charge is 0.271 e. The third-order valence-corrected chi connectivity index (χ3v) is 3.16. The van der Waals surface area contributed by atoms with E-state index in [1.807, 2.05) is 31.2 Å². The minimum Gasteiger partial charge on any atom is -0.497 e. The molecule has 1 atom stereocenters. The molecule has 0 bridgehead atoms. The van der Waals surface area contributed by atoms with Crippen LogP contribution in [0.2, 0.25) is 0 Å². The SMILES string of the molecule is CCn1nc(-c2cccc(OC)c2)cc(C(C)N)c1=O. The number of aryl methyl sites for hydroxylation is 1. The molecule has 5 nitrogen and oxygen atoms in total. The van der Waals surface area contributed by atoms with Gasteiger partial charge >= 0.3 is 0 Å². The molecule has 1 unspecified atom stereocenters. The van der Waals surface area contributed by atoms with Gasteiger partial charge in [-0.25, -0.2) is 4.68 Å². The van der Waals surface area contributed by atoms with Gasteiger partial charge in [0, 0.05) is 23.7 Å². The molecule has 1 aromatic carbocycles. The van der Waals surface area contributed by atoms with Gasteiger partial charge < -0.3 is 10.5 Å². The zero-order valence-electron chi connectivity index (χ0n) is 12.0. The highest BCUT2D eigenvalue weighted by molar-refractivity contribution is 5.61. The van der Waals surface area contributed by atoms with Gasteiger partial charge in [-0.05, 0) is 32.0 Å². The van der Waals surface area contributed by atoms with Crippen LogP contribution in [0.3, 0.4) is 0 Å². The number of nitrogens with two attached hydrogens (primary N) is 1. The number of benzene rings is 1. The molecule has 20 heavy (non-hydrogen) atoms. The number of hydrogen-bond acceptors (Lipinski definition) is 4. The fourth-order valence-corrected chi connectivity index (χ4v) is 2.03. The van der Waals surface area contributed by atoms with Crippen molar-refractivity contribution in [2.45, 2.75) is 26.4 Å². The topological polar surface area (TPSA) is 70.1 Å². The van der Waals surface area contributed by atoms with Crippen molar-refractivity contribution in [3.8, 4) is 17.0 Å². The quantitative estimate of drug-likeness (QED) is 0.924. The van der Waals surface area contributed by atoms with Crippen LogP contribution >= 0.6 is 0 Å². The zero-order chi connectivity index (χ0) is 14.7. The van der Waals surface area contributed by atoms with Crippen LogP contribution in [0, 0.1) is 0 Å². The summed E-state index contributed by atoms with van der Waals surface area (Å²) in [6, 6.07) is 9.01. The normalized spacial score (nSPS) is 12.2. The number of nitrogens with zero attached hydrogens (tertiary/aromatic N) is 2. The molecule has 0 saturated heterocycles. The van der Waals surface area contributed by atoms with Gasteiger partial charge in [-0.1, -0.05) is 12.1 Å². The van der Waals surface area contributed by atoms with E-state index < -0.39 is 0 Å². The second-order valence-corrected chi connectivity index (χ2v) is 4.63. The summed E-state index contributed by atoms with van der Waals surface area (Å²) in [6.07, 6.45) is 0. The fraction of sp³-hybridized carbons (Fsp3) is 0.333. The van der Waals surface area contributed by atoms with Crippen LogP contribution in [0.25, 0.3) is 11.3 Å². The van der Waals surface area contributed by atoms with Crippen molar-refractivity contribution < 1.29 is 4.74 Å². The van der Waals surface area contributed by atoms with Crippen molar-refractivity contribution in [2.24, 2.45) is 5.73 Å². The molecule has 1 heterocycles. The van der Waals surface area contributed by atoms with Crippen LogP contribution in [-0.4, -0.2) is 16.9 Å². The van der Waals surface area contributed by atoms with E-state index in [9.17, 15) is 4.79 Å². The van der Waals surface area contributed by atoms with Crippen molar-refractivity contribution in [3.05, 3.63) is 46.2 Å². The maximum Gasteiger partial charge on any atom is 0.271 e. The second-order valence-electron chi connectivity index (χ2n) is 4.63. The van der Waals surface area contributed by atoms with Crippen molar-refractivity contribution in [3.63, 3.8) is 0 Å². The lowest BCUT2D eigenvalue weighted by Crippen LogP contribution is -2.29. The van der Waals surface area contributed by atoms with E-state index in [0.717, 1.165) is 17.0 Å². The van der Waals surface area contributed by atoms with Crippen molar-refractivity contribution in [2.75, 3.05) is 7.11 Å². The summed E-state index contributed by atoms with van der Waals surface area (Å²) in [7, 11) is 1.62. The van der Waals surface area contributed by atoms with Gasteiger partial charge in [0.1, 0.15) is 5.75 Å². The first-order valence-corrected chi connectivity index (χ1v) is 6.59. The van der Waals surface area contributed by atoms with Crippen LogP contribution < -0.4 is 16.0 Å². The molecule has 0 amide bonds. The van der Waals surface area contributed by atoms with E-state index >= 15 is 0 Å². The van der Waals surface area contributed by atoms with Gasteiger partial charge in [-0.15, -0.1) is 0 Å². The molecule has 0 fully saturated rings. The van der Waals surface area contributed by atoms with E-state index in [1.54, 1.807) is 20.1 Å². The Morgan fingerprint density at radius 3 is 2.75 bits per heavy atom. The summed E-state index contributed by atoms with van der Waals surface area (Å²) in [5, 5.41) is 4.37. The average molecular weight is 273 g/mol. The molecule has 2 N–H and O–H groups in total. The molecular formula is C15H19N3O2. The zero-order valence-corrected chi connectivity index (χ0v) is 12.0. The summed E-state index contributed by atoms with van der Waals surface area (Å²) in [5.74, 6) is 0.751. The minimum atomic E-state index is -0.326. The Hall–Kier alpha value is -2.14. The lowest BCUT2D eigenvalue weighted by atomic mass is 10.1. The highest BCUT2D eigenvalue weighted by Crippen LogP contribution is 2.22. The van der Waals surface area contributed by atoms with Crippen molar-refractivity contribution >= 4 is 0 Å². The van der Waals surface area contributed by atoms with Crippen molar-refractivity contribution in [1.82, 2.24) is 9.78 Å². The first kappa shape index (κ1) is 14.3. The average Bonchev–Trinajstić information content (AvgIpc) is 2.47. The Morgan fingerprint density at radius 1 is 1.40 bits per heavy atom. The third-order valence-electron chi connectivity index (χ3n) is 3.16. The molecule has 5 heteroatoms. The van der Waals surface area contributed by atoms with Gasteiger partial charge in [0.05, 0.1) is 12.8 Å². The molecule has 0 spiro atoms. The molecule has 0 radical (unpaired) electrons. The standard InChI is InChI=1S/C15H19N3O2/c1-4-18-15(19)13(10(2)16)9-14(17-18)11-6-5-7-12(8-11)20-3/h5-10H,4,16H2,1-3H3. The fourth-order valence-electron chi connectivity index (χ4n) is 2.03. The van der Waals surface area contributed by atoms with Crippen LogP contribution in [0.1, 0.15) is 25.5 Å². The molecule has 0 saturated carbocycles. The van der Waals surface area contributed by atoms with Gasteiger partial charge in [0.25, 0.3) is 5.56 Å². The number of rotatable bonds is 4. The summed E-state index contributed by atoms with van der Waals surface area (Å²) in [5.41, 5.74) is 7.93. The van der Waals surface area contributed by atoms with E-state index in [-0.39, 0.29) is 11.6 Å². The monoisotopic (exact) mass is 273 g/mol. The van der Waals surface area contributed by atoms with Gasteiger partial charge in [0.2, 0.25) is 0 Å². The lowest BCUT2D eigenvalue weighted by Gasteiger charge is -2.12. The van der Waals surface area contributed by atoms with Crippen LogP contribution in [0.15, 0.2) is 35.1 Å². The van der Waals surface area contributed by atoms with Crippen molar-refractivity contribution in [1.29, 1.82) is 0 Å². The van der Waals surface area contributed by atoms with Gasteiger partial charge in [0.15, 0.2) is 0 Å². The predicted octanol–water partition coefficient (Wildman–Crippen LogP) is 1.96. The largest absolute Gasteiger partial charge is 0.497 e. The third kappa shape index (κ3) is 2.72. The molecular weight excluding hydrogens is 254 g/mol. The maximum atomic E-state index is 12.1. The van der Waals surface area contributed by atoms with Gasteiger partial charge in [-0.2, -0.15) is 5.10 Å². The minimum absolute atomic E-state index is 0.130. The Labute approximate surface area is 118 Å². The summed E-state index contributed by atoms with van der Waals surface area (Å²) in [6.45, 7) is 4.19. The Morgan fingerprint density at radius 2 is 2.15 bits per heavy atom. The first-order valence-electron chi connectivity index (χ1n) is 6.59. The molecule has 0 aliphatic rings. The highest BCUT2D eigenvalue weighted by atomic mass is 16.5. The number of methoxy groups -OCH3 is 1.